The van der Waals surface area contributed by atoms with Crippen molar-refractivity contribution in [1.82, 2.24) is 9.80 Å². The number of rotatable bonds is 5. The maximum absolute atomic E-state index is 12.2. The number of aliphatic hydroxyl groups is 1. The lowest BCUT2D eigenvalue weighted by molar-refractivity contribution is -0.132. The molecule has 1 aliphatic rings. The van der Waals surface area contributed by atoms with Crippen molar-refractivity contribution in [1.29, 1.82) is 0 Å². The van der Waals surface area contributed by atoms with Gasteiger partial charge in [-0.15, -0.1) is 11.3 Å². The number of carbonyl (C=O) groups excluding carboxylic acids is 1. The third-order valence-electron chi connectivity index (χ3n) is 3.93. The minimum Gasteiger partial charge on any atom is -0.467 e. The van der Waals surface area contributed by atoms with Gasteiger partial charge in [-0.05, 0) is 23.6 Å². The van der Waals surface area contributed by atoms with Crippen LogP contribution in [0.3, 0.4) is 0 Å². The van der Waals surface area contributed by atoms with Crippen molar-refractivity contribution in [2.24, 2.45) is 0 Å². The molecule has 3 heterocycles. The third-order valence-corrected chi connectivity index (χ3v) is 4.81. The van der Waals surface area contributed by atoms with Gasteiger partial charge < -0.3 is 14.4 Å². The largest absolute Gasteiger partial charge is 0.467 e. The van der Waals surface area contributed by atoms with Crippen molar-refractivity contribution in [3.63, 3.8) is 0 Å². The standard InChI is InChI=1S/C16H20N2O3S/c19-14(15-4-1-9-21-15)12-17-5-7-18(8-6-17)16(20)11-13-3-2-10-22-13/h1-4,9-10,14,19H,5-8,11-12H2/t14-/m0/s1. The number of furan rings is 1. The Kier molecular flexibility index (Phi) is 4.92. The summed E-state index contributed by atoms with van der Waals surface area (Å²) in [5.74, 6) is 0.782. The second kappa shape index (κ2) is 7.09. The van der Waals surface area contributed by atoms with E-state index in [1.165, 1.54) is 0 Å². The summed E-state index contributed by atoms with van der Waals surface area (Å²) in [5, 5.41) is 12.1. The zero-order valence-corrected chi connectivity index (χ0v) is 13.2. The molecule has 1 aliphatic heterocycles. The van der Waals surface area contributed by atoms with E-state index in [1.807, 2.05) is 22.4 Å². The zero-order chi connectivity index (χ0) is 15.4. The van der Waals surface area contributed by atoms with Crippen LogP contribution in [0.5, 0.6) is 0 Å². The Morgan fingerprint density at radius 3 is 2.73 bits per heavy atom. The molecular formula is C16H20N2O3S. The first kappa shape index (κ1) is 15.3. The Bertz CT molecular complexity index is 575. The second-order valence-electron chi connectivity index (χ2n) is 5.47. The molecule has 2 aromatic heterocycles. The van der Waals surface area contributed by atoms with Gasteiger partial charge in [-0.3, -0.25) is 9.69 Å². The highest BCUT2D eigenvalue weighted by atomic mass is 32.1. The molecule has 22 heavy (non-hydrogen) atoms. The van der Waals surface area contributed by atoms with Crippen LogP contribution in [0, 0.1) is 0 Å². The van der Waals surface area contributed by atoms with E-state index in [2.05, 4.69) is 4.90 Å². The molecule has 118 valence electrons. The quantitative estimate of drug-likeness (QED) is 0.912. The Morgan fingerprint density at radius 2 is 2.09 bits per heavy atom. The average molecular weight is 320 g/mol. The highest BCUT2D eigenvalue weighted by Crippen LogP contribution is 2.16. The molecular weight excluding hydrogens is 300 g/mol. The first-order valence-electron chi connectivity index (χ1n) is 7.46. The highest BCUT2D eigenvalue weighted by molar-refractivity contribution is 7.10. The molecule has 1 saturated heterocycles. The Labute approximate surface area is 133 Å². The molecule has 3 rings (SSSR count). The van der Waals surface area contributed by atoms with E-state index in [1.54, 1.807) is 29.7 Å². The van der Waals surface area contributed by atoms with Crippen LogP contribution in [0.2, 0.25) is 0 Å². The Hall–Kier alpha value is -1.63. The van der Waals surface area contributed by atoms with Crippen LogP contribution in [-0.2, 0) is 11.2 Å². The third kappa shape index (κ3) is 3.76. The van der Waals surface area contributed by atoms with Gasteiger partial charge in [0.15, 0.2) is 0 Å². The van der Waals surface area contributed by atoms with Gasteiger partial charge in [0.25, 0.3) is 0 Å². The van der Waals surface area contributed by atoms with Crippen LogP contribution in [0.4, 0.5) is 0 Å². The second-order valence-corrected chi connectivity index (χ2v) is 6.50. The lowest BCUT2D eigenvalue weighted by Crippen LogP contribution is -2.49. The number of hydrogen-bond donors (Lipinski definition) is 1. The molecule has 0 spiro atoms. The molecule has 5 nitrogen and oxygen atoms in total. The fourth-order valence-corrected chi connectivity index (χ4v) is 3.37. The van der Waals surface area contributed by atoms with Crippen LogP contribution in [0.15, 0.2) is 40.3 Å². The summed E-state index contributed by atoms with van der Waals surface area (Å²) in [6.45, 7) is 3.55. The summed E-state index contributed by atoms with van der Waals surface area (Å²) in [4.78, 5) is 17.4. The summed E-state index contributed by atoms with van der Waals surface area (Å²) < 4.78 is 5.21. The smallest absolute Gasteiger partial charge is 0.227 e. The summed E-state index contributed by atoms with van der Waals surface area (Å²) in [5.41, 5.74) is 0. The molecule has 0 aliphatic carbocycles. The van der Waals surface area contributed by atoms with Gasteiger partial charge in [0.1, 0.15) is 11.9 Å². The van der Waals surface area contributed by atoms with E-state index < -0.39 is 6.10 Å². The van der Waals surface area contributed by atoms with E-state index in [0.717, 1.165) is 31.1 Å². The lowest BCUT2D eigenvalue weighted by atomic mass is 10.2. The van der Waals surface area contributed by atoms with Crippen LogP contribution in [0.25, 0.3) is 0 Å². The topological polar surface area (TPSA) is 56.9 Å². The number of hydrogen-bond acceptors (Lipinski definition) is 5. The molecule has 0 bridgehead atoms. The fraction of sp³-hybridized carbons (Fsp3) is 0.438. The number of amides is 1. The van der Waals surface area contributed by atoms with E-state index in [0.29, 0.717) is 18.7 Å². The van der Waals surface area contributed by atoms with Crippen molar-refractivity contribution in [2.45, 2.75) is 12.5 Å². The van der Waals surface area contributed by atoms with Gasteiger partial charge >= 0.3 is 0 Å². The number of piperazine rings is 1. The van der Waals surface area contributed by atoms with Gasteiger partial charge in [-0.1, -0.05) is 6.07 Å². The minimum absolute atomic E-state index is 0.189. The molecule has 6 heteroatoms. The van der Waals surface area contributed by atoms with E-state index in [4.69, 9.17) is 4.42 Å². The Morgan fingerprint density at radius 1 is 1.27 bits per heavy atom. The van der Waals surface area contributed by atoms with Gasteiger partial charge in [-0.2, -0.15) is 0 Å². The SMILES string of the molecule is O=C(Cc1cccs1)N1CCN(C[C@H](O)c2ccco2)CC1. The number of thiophene rings is 1. The molecule has 2 aromatic rings. The van der Waals surface area contributed by atoms with E-state index in [9.17, 15) is 9.90 Å². The highest BCUT2D eigenvalue weighted by Gasteiger charge is 2.23. The number of carbonyl (C=O) groups is 1. The normalized spacial score (nSPS) is 17.6. The number of β-amino-alcohol motifs (C(OH)–C–C–N with tert-alkyl or cyclic N) is 1. The van der Waals surface area contributed by atoms with Gasteiger partial charge in [0.05, 0.1) is 12.7 Å². The van der Waals surface area contributed by atoms with Crippen LogP contribution in [-0.4, -0.2) is 53.5 Å². The maximum atomic E-state index is 12.2. The van der Waals surface area contributed by atoms with Crippen molar-refractivity contribution in [3.8, 4) is 0 Å². The van der Waals surface area contributed by atoms with Crippen molar-refractivity contribution >= 4 is 17.2 Å². The molecule has 1 N–H and O–H groups in total. The van der Waals surface area contributed by atoms with Gasteiger partial charge in [-0.25, -0.2) is 0 Å². The van der Waals surface area contributed by atoms with Crippen LogP contribution >= 0.6 is 11.3 Å². The molecule has 1 amide bonds. The molecule has 0 radical (unpaired) electrons. The lowest BCUT2D eigenvalue weighted by Gasteiger charge is -2.35. The summed E-state index contributed by atoms with van der Waals surface area (Å²) in [7, 11) is 0. The van der Waals surface area contributed by atoms with Crippen LogP contribution in [0.1, 0.15) is 16.7 Å². The average Bonchev–Trinajstić information content (AvgIpc) is 3.21. The summed E-state index contributed by atoms with van der Waals surface area (Å²) >= 11 is 1.62. The predicted molar refractivity (Wildman–Crippen MR) is 84.7 cm³/mol. The minimum atomic E-state index is -0.608. The Balaban J connectivity index is 1.45. The molecule has 0 saturated carbocycles. The van der Waals surface area contributed by atoms with Crippen molar-refractivity contribution in [3.05, 3.63) is 46.5 Å². The fourth-order valence-electron chi connectivity index (χ4n) is 2.67. The molecule has 1 atom stereocenters. The summed E-state index contributed by atoms with van der Waals surface area (Å²) in [6, 6.07) is 7.53. The first-order valence-corrected chi connectivity index (χ1v) is 8.34. The predicted octanol–water partition coefficient (Wildman–Crippen LogP) is 1.76. The molecule has 0 unspecified atom stereocenters. The van der Waals surface area contributed by atoms with Gasteiger partial charge in [0, 0.05) is 37.6 Å². The summed E-state index contributed by atoms with van der Waals surface area (Å²) in [6.07, 6.45) is 1.45. The maximum Gasteiger partial charge on any atom is 0.227 e. The number of nitrogens with zero attached hydrogens (tertiary/aromatic N) is 2. The first-order chi connectivity index (χ1) is 10.7. The van der Waals surface area contributed by atoms with E-state index in [-0.39, 0.29) is 5.91 Å². The van der Waals surface area contributed by atoms with Crippen molar-refractivity contribution < 1.29 is 14.3 Å². The van der Waals surface area contributed by atoms with Crippen LogP contribution < -0.4 is 0 Å². The monoisotopic (exact) mass is 320 g/mol. The zero-order valence-electron chi connectivity index (χ0n) is 12.4. The molecule has 1 fully saturated rings. The molecule has 0 aromatic carbocycles. The van der Waals surface area contributed by atoms with Crippen molar-refractivity contribution in [2.75, 3.05) is 32.7 Å². The van der Waals surface area contributed by atoms with E-state index >= 15 is 0 Å². The van der Waals surface area contributed by atoms with Gasteiger partial charge in [0.2, 0.25) is 5.91 Å². The number of aliphatic hydroxyl groups excluding tert-OH is 1.